The Hall–Kier alpha value is -3.14. The van der Waals surface area contributed by atoms with Gasteiger partial charge in [-0.15, -0.1) is 0 Å². The number of anilines is 2. The Bertz CT molecular complexity index is 1130. The first-order chi connectivity index (χ1) is 12.5. The number of fused-ring (bicyclic) bond motifs is 2. The van der Waals surface area contributed by atoms with Gasteiger partial charge in [0.15, 0.2) is 0 Å². The largest absolute Gasteiger partial charge is 0.298 e. The number of nitrogens with one attached hydrogen (secondary N) is 2. The highest BCUT2D eigenvalue weighted by Gasteiger charge is 2.08. The smallest absolute Gasteiger partial charge is 0.242 e. The molecule has 0 bridgehead atoms. The van der Waals surface area contributed by atoms with Crippen LogP contribution in [0.25, 0.3) is 21.7 Å². The van der Waals surface area contributed by atoms with Crippen LogP contribution in [0.2, 0.25) is 0 Å². The highest BCUT2D eigenvalue weighted by Crippen LogP contribution is 2.28. The molecular formula is C22H22N4. The molecule has 0 saturated heterocycles. The average Bonchev–Trinajstić information content (AvgIpc) is 2.60. The summed E-state index contributed by atoms with van der Waals surface area (Å²) in [6.45, 7) is 8.33. The molecule has 4 rings (SSSR count). The van der Waals surface area contributed by atoms with Crippen LogP contribution in [0, 0.1) is 27.7 Å². The Labute approximate surface area is 153 Å². The molecule has 0 aliphatic carbocycles. The van der Waals surface area contributed by atoms with Gasteiger partial charge in [-0.3, -0.25) is 10.9 Å². The van der Waals surface area contributed by atoms with E-state index in [1.165, 1.54) is 27.5 Å². The first kappa shape index (κ1) is 16.3. The third-order valence-corrected chi connectivity index (χ3v) is 4.68. The van der Waals surface area contributed by atoms with Gasteiger partial charge in [-0.05, 0) is 62.4 Å². The molecular weight excluding hydrogens is 320 g/mol. The molecule has 0 radical (unpaired) electrons. The minimum absolute atomic E-state index is 0.571. The number of hydrazine groups is 1. The molecule has 0 atom stereocenters. The maximum absolute atomic E-state index is 4.63. The van der Waals surface area contributed by atoms with Crippen LogP contribution >= 0.6 is 0 Å². The van der Waals surface area contributed by atoms with Gasteiger partial charge in [-0.25, -0.2) is 9.97 Å². The van der Waals surface area contributed by atoms with E-state index in [0.29, 0.717) is 5.95 Å². The molecule has 4 aromatic rings. The quantitative estimate of drug-likeness (QED) is 0.486. The number of nitrogens with zero attached hydrogens (tertiary/aromatic N) is 2. The maximum atomic E-state index is 4.63. The summed E-state index contributed by atoms with van der Waals surface area (Å²) in [5, 5.41) is 3.52. The van der Waals surface area contributed by atoms with E-state index in [1.807, 2.05) is 13.0 Å². The van der Waals surface area contributed by atoms with Crippen molar-refractivity contribution >= 4 is 33.3 Å². The molecule has 0 aliphatic heterocycles. The maximum Gasteiger partial charge on any atom is 0.242 e. The zero-order chi connectivity index (χ0) is 18.3. The van der Waals surface area contributed by atoms with Crippen molar-refractivity contribution in [3.8, 4) is 0 Å². The van der Waals surface area contributed by atoms with Crippen LogP contribution in [0.5, 0.6) is 0 Å². The van der Waals surface area contributed by atoms with Gasteiger partial charge in [0.1, 0.15) is 0 Å². The molecule has 4 nitrogen and oxygen atoms in total. The van der Waals surface area contributed by atoms with E-state index < -0.39 is 0 Å². The minimum Gasteiger partial charge on any atom is -0.298 e. The molecule has 0 saturated carbocycles. The van der Waals surface area contributed by atoms with Crippen molar-refractivity contribution in [2.75, 3.05) is 10.9 Å². The Kier molecular flexibility index (Phi) is 3.96. The molecule has 0 spiro atoms. The van der Waals surface area contributed by atoms with Gasteiger partial charge >= 0.3 is 0 Å². The number of aryl methyl sites for hydroxylation is 4. The van der Waals surface area contributed by atoms with Gasteiger partial charge in [0, 0.05) is 10.8 Å². The van der Waals surface area contributed by atoms with Gasteiger partial charge in [0.2, 0.25) is 5.95 Å². The van der Waals surface area contributed by atoms with Crippen molar-refractivity contribution < 1.29 is 0 Å². The van der Waals surface area contributed by atoms with Gasteiger partial charge in [0.05, 0.1) is 16.9 Å². The molecule has 130 valence electrons. The second kappa shape index (κ2) is 6.30. The van der Waals surface area contributed by atoms with Gasteiger partial charge in [0.25, 0.3) is 0 Å². The van der Waals surface area contributed by atoms with Crippen LogP contribution in [0.1, 0.15) is 22.4 Å². The molecule has 0 fully saturated rings. The lowest BCUT2D eigenvalue weighted by molar-refractivity contribution is 1.13. The monoisotopic (exact) mass is 342 g/mol. The zero-order valence-electron chi connectivity index (χ0n) is 15.5. The molecule has 0 aliphatic rings. The van der Waals surface area contributed by atoms with Crippen LogP contribution in [-0.4, -0.2) is 9.97 Å². The van der Waals surface area contributed by atoms with Crippen LogP contribution in [0.4, 0.5) is 11.6 Å². The van der Waals surface area contributed by atoms with Gasteiger partial charge < -0.3 is 0 Å². The number of benzene rings is 3. The SMILES string of the molecule is Cc1cc(NNc2nc(C)c3cc(C)ccc3n2)c2c(C)cccc2c1. The number of aromatic nitrogens is 2. The Balaban J connectivity index is 1.71. The Morgan fingerprint density at radius 2 is 1.62 bits per heavy atom. The van der Waals surface area contributed by atoms with E-state index in [2.05, 4.69) is 84.1 Å². The van der Waals surface area contributed by atoms with Crippen LogP contribution in [0.3, 0.4) is 0 Å². The molecule has 4 heteroatoms. The lowest BCUT2D eigenvalue weighted by atomic mass is 10.0. The second-order valence-corrected chi connectivity index (χ2v) is 6.89. The summed E-state index contributed by atoms with van der Waals surface area (Å²) < 4.78 is 0. The van der Waals surface area contributed by atoms with Crippen molar-refractivity contribution in [1.29, 1.82) is 0 Å². The van der Waals surface area contributed by atoms with Crippen molar-refractivity contribution in [1.82, 2.24) is 9.97 Å². The highest BCUT2D eigenvalue weighted by molar-refractivity contribution is 5.97. The molecule has 3 aromatic carbocycles. The van der Waals surface area contributed by atoms with Gasteiger partial charge in [-0.2, -0.15) is 0 Å². The first-order valence-corrected chi connectivity index (χ1v) is 8.78. The van der Waals surface area contributed by atoms with E-state index >= 15 is 0 Å². The topological polar surface area (TPSA) is 49.8 Å². The average molecular weight is 342 g/mol. The summed E-state index contributed by atoms with van der Waals surface area (Å²) in [6, 6.07) is 16.9. The molecule has 0 amide bonds. The fourth-order valence-electron chi connectivity index (χ4n) is 3.44. The summed E-state index contributed by atoms with van der Waals surface area (Å²) >= 11 is 0. The standard InChI is InChI=1S/C22H22N4/c1-13-8-9-19-18(11-13)16(4)23-22(24-19)26-25-20-12-14(2)10-17-7-5-6-15(3)21(17)20/h5-12,25H,1-4H3,(H,23,24,26). The summed E-state index contributed by atoms with van der Waals surface area (Å²) in [7, 11) is 0. The number of rotatable bonds is 3. The highest BCUT2D eigenvalue weighted by atomic mass is 15.4. The van der Waals surface area contributed by atoms with Crippen LogP contribution in [-0.2, 0) is 0 Å². The predicted octanol–water partition coefficient (Wildman–Crippen LogP) is 5.46. The summed E-state index contributed by atoms with van der Waals surface area (Å²) in [4.78, 5) is 9.23. The summed E-state index contributed by atoms with van der Waals surface area (Å²) in [5.41, 5.74) is 13.1. The van der Waals surface area contributed by atoms with Crippen molar-refractivity contribution in [2.24, 2.45) is 0 Å². The molecule has 2 N–H and O–H groups in total. The predicted molar refractivity (Wildman–Crippen MR) is 110 cm³/mol. The van der Waals surface area contributed by atoms with Crippen molar-refractivity contribution in [2.45, 2.75) is 27.7 Å². The first-order valence-electron chi connectivity index (χ1n) is 8.78. The fourth-order valence-corrected chi connectivity index (χ4v) is 3.44. The van der Waals surface area contributed by atoms with E-state index in [-0.39, 0.29) is 0 Å². The van der Waals surface area contributed by atoms with E-state index in [1.54, 1.807) is 0 Å². The zero-order valence-corrected chi connectivity index (χ0v) is 15.5. The number of hydrogen-bond donors (Lipinski definition) is 2. The molecule has 0 unspecified atom stereocenters. The van der Waals surface area contributed by atoms with Gasteiger partial charge in [-0.1, -0.05) is 35.9 Å². The molecule has 1 heterocycles. The minimum atomic E-state index is 0.571. The van der Waals surface area contributed by atoms with Crippen LogP contribution < -0.4 is 10.9 Å². The van der Waals surface area contributed by atoms with Crippen LogP contribution in [0.15, 0.2) is 48.5 Å². The second-order valence-electron chi connectivity index (χ2n) is 6.89. The number of hydrogen-bond acceptors (Lipinski definition) is 4. The Morgan fingerprint density at radius 3 is 2.46 bits per heavy atom. The summed E-state index contributed by atoms with van der Waals surface area (Å²) in [5.74, 6) is 0.571. The third kappa shape index (κ3) is 2.94. The lowest BCUT2D eigenvalue weighted by Crippen LogP contribution is -2.13. The summed E-state index contributed by atoms with van der Waals surface area (Å²) in [6.07, 6.45) is 0. The normalized spacial score (nSPS) is 11.1. The molecule has 1 aromatic heterocycles. The molecule has 26 heavy (non-hydrogen) atoms. The van der Waals surface area contributed by atoms with E-state index in [0.717, 1.165) is 22.3 Å². The third-order valence-electron chi connectivity index (χ3n) is 4.68. The fraction of sp³-hybridized carbons (Fsp3) is 0.182. The van der Waals surface area contributed by atoms with E-state index in [4.69, 9.17) is 0 Å². The van der Waals surface area contributed by atoms with E-state index in [9.17, 15) is 0 Å². The van der Waals surface area contributed by atoms with Crippen molar-refractivity contribution in [3.05, 3.63) is 70.9 Å². The lowest BCUT2D eigenvalue weighted by Gasteiger charge is -2.15. The Morgan fingerprint density at radius 1 is 0.769 bits per heavy atom. The van der Waals surface area contributed by atoms with Crippen molar-refractivity contribution in [3.63, 3.8) is 0 Å².